The van der Waals surface area contributed by atoms with Crippen molar-refractivity contribution in [1.82, 2.24) is 9.62 Å². The summed E-state index contributed by atoms with van der Waals surface area (Å²) in [5, 5.41) is 0. The second-order valence-corrected chi connectivity index (χ2v) is 7.55. The molecule has 20 heavy (non-hydrogen) atoms. The quantitative estimate of drug-likeness (QED) is 0.719. The molecule has 1 fully saturated rings. The zero-order chi connectivity index (χ0) is 15.4. The van der Waals surface area contributed by atoms with Crippen LogP contribution >= 0.6 is 11.6 Å². The Labute approximate surface area is 122 Å². The summed E-state index contributed by atoms with van der Waals surface area (Å²) in [7, 11) is -3.41. The largest absolute Gasteiger partial charge is 0.401 e. The predicted molar refractivity (Wildman–Crippen MR) is 72.3 cm³/mol. The third-order valence-electron chi connectivity index (χ3n) is 3.13. The third-order valence-corrected chi connectivity index (χ3v) is 5.27. The van der Waals surface area contributed by atoms with Gasteiger partial charge in [-0.15, -0.1) is 11.6 Å². The van der Waals surface area contributed by atoms with Gasteiger partial charge in [0.2, 0.25) is 10.0 Å². The molecule has 0 aliphatic carbocycles. The smallest absolute Gasteiger partial charge is 0.295 e. The third kappa shape index (κ3) is 7.10. The van der Waals surface area contributed by atoms with Gasteiger partial charge in [0.1, 0.15) is 0 Å². The fraction of sp³-hybridized carbons (Fsp3) is 1.00. The Hall–Kier alpha value is -0.0500. The van der Waals surface area contributed by atoms with Crippen LogP contribution in [0.2, 0.25) is 0 Å². The van der Waals surface area contributed by atoms with Gasteiger partial charge in [0.05, 0.1) is 12.3 Å². The first-order valence-corrected chi connectivity index (χ1v) is 8.62. The maximum absolute atomic E-state index is 12.2. The molecule has 0 amide bonds. The second-order valence-electron chi connectivity index (χ2n) is 5.39. The number of rotatable bonds is 7. The van der Waals surface area contributed by atoms with E-state index in [1.807, 2.05) is 0 Å². The monoisotopic (exact) mass is 336 g/mol. The minimum Gasteiger partial charge on any atom is -0.295 e. The molecule has 1 aliphatic rings. The van der Waals surface area contributed by atoms with E-state index in [9.17, 15) is 21.6 Å². The molecule has 9 heteroatoms. The summed E-state index contributed by atoms with van der Waals surface area (Å²) in [5.41, 5.74) is 0. The first-order chi connectivity index (χ1) is 9.11. The molecule has 2 unspecified atom stereocenters. The summed E-state index contributed by atoms with van der Waals surface area (Å²) in [6.45, 7) is 1.61. The minimum absolute atomic E-state index is 0.0600. The molecule has 0 aromatic carbocycles. The number of nitrogens with zero attached hydrogens (tertiary/aromatic N) is 1. The van der Waals surface area contributed by atoms with Crippen LogP contribution in [0.25, 0.3) is 0 Å². The maximum Gasteiger partial charge on any atom is 0.401 e. The minimum atomic E-state index is -4.20. The van der Waals surface area contributed by atoms with E-state index in [1.165, 1.54) is 4.90 Å². The van der Waals surface area contributed by atoms with Crippen molar-refractivity contribution >= 4 is 21.6 Å². The lowest BCUT2D eigenvalue weighted by atomic mass is 10.1. The van der Waals surface area contributed by atoms with Gasteiger partial charge >= 0.3 is 6.18 Å². The molecule has 1 aliphatic heterocycles. The number of hydrogen-bond donors (Lipinski definition) is 1. The molecule has 1 rings (SSSR count). The van der Waals surface area contributed by atoms with Crippen LogP contribution in [0, 0.1) is 11.8 Å². The highest BCUT2D eigenvalue weighted by Crippen LogP contribution is 2.22. The van der Waals surface area contributed by atoms with Crippen LogP contribution in [-0.4, -0.2) is 57.3 Å². The Morgan fingerprint density at radius 1 is 1.45 bits per heavy atom. The maximum atomic E-state index is 12.2. The Morgan fingerprint density at radius 3 is 2.65 bits per heavy atom. The number of alkyl halides is 4. The average Bonchev–Trinajstić information content (AvgIpc) is 2.71. The highest BCUT2D eigenvalue weighted by molar-refractivity contribution is 7.89. The predicted octanol–water partition coefficient (Wildman–Crippen LogP) is 1.66. The summed E-state index contributed by atoms with van der Waals surface area (Å²) in [6, 6.07) is 0. The van der Waals surface area contributed by atoms with E-state index in [-0.39, 0.29) is 36.6 Å². The van der Waals surface area contributed by atoms with Crippen LogP contribution in [0.5, 0.6) is 0 Å². The summed E-state index contributed by atoms with van der Waals surface area (Å²) in [4.78, 5) is 1.31. The standard InChI is InChI=1S/C11H20ClF3N2O2S/c1-9(4-12)7-20(18,19)16-5-10-2-3-17(6-10)8-11(13,14)15/h9-10,16H,2-8H2,1H3. The van der Waals surface area contributed by atoms with Gasteiger partial charge in [-0.2, -0.15) is 13.2 Å². The Kier molecular flexibility index (Phi) is 6.56. The molecule has 0 saturated carbocycles. The number of sulfonamides is 1. The molecule has 0 spiro atoms. The SMILES string of the molecule is CC(CCl)CS(=O)(=O)NCC1CCN(CC(F)(F)F)C1. The molecule has 0 radical (unpaired) electrons. The van der Waals surface area contributed by atoms with Crippen molar-refractivity contribution in [3.05, 3.63) is 0 Å². The fourth-order valence-corrected chi connectivity index (χ4v) is 3.91. The molecule has 0 aromatic heterocycles. The molecule has 120 valence electrons. The fourth-order valence-electron chi connectivity index (χ4n) is 2.20. The lowest BCUT2D eigenvalue weighted by molar-refractivity contribution is -0.143. The van der Waals surface area contributed by atoms with E-state index in [1.54, 1.807) is 6.92 Å². The van der Waals surface area contributed by atoms with Gasteiger partial charge in [-0.05, 0) is 24.8 Å². The van der Waals surface area contributed by atoms with Crippen LogP contribution in [0.1, 0.15) is 13.3 Å². The van der Waals surface area contributed by atoms with E-state index in [4.69, 9.17) is 11.6 Å². The van der Waals surface area contributed by atoms with E-state index in [2.05, 4.69) is 4.72 Å². The lowest BCUT2D eigenvalue weighted by Gasteiger charge is -2.18. The van der Waals surface area contributed by atoms with Gasteiger partial charge in [-0.1, -0.05) is 6.92 Å². The van der Waals surface area contributed by atoms with Crippen molar-refractivity contribution in [3.8, 4) is 0 Å². The Morgan fingerprint density at radius 2 is 2.10 bits per heavy atom. The molecule has 2 atom stereocenters. The number of nitrogens with one attached hydrogen (secondary N) is 1. The normalized spacial score (nSPS) is 23.1. The summed E-state index contributed by atoms with van der Waals surface area (Å²) < 4.78 is 62.5. The molecule has 4 nitrogen and oxygen atoms in total. The van der Waals surface area contributed by atoms with Crippen molar-refractivity contribution in [2.75, 3.05) is 37.8 Å². The van der Waals surface area contributed by atoms with Gasteiger partial charge in [0.25, 0.3) is 0 Å². The first-order valence-electron chi connectivity index (χ1n) is 6.43. The molecule has 1 heterocycles. The Bertz CT molecular complexity index is 403. The second kappa shape index (κ2) is 7.29. The van der Waals surface area contributed by atoms with Crippen molar-refractivity contribution in [3.63, 3.8) is 0 Å². The Balaban J connectivity index is 2.33. The molecular weight excluding hydrogens is 317 g/mol. The number of hydrogen-bond acceptors (Lipinski definition) is 3. The van der Waals surface area contributed by atoms with Gasteiger partial charge < -0.3 is 0 Å². The van der Waals surface area contributed by atoms with Crippen molar-refractivity contribution in [1.29, 1.82) is 0 Å². The van der Waals surface area contributed by atoms with Crippen LogP contribution < -0.4 is 4.72 Å². The van der Waals surface area contributed by atoms with E-state index in [0.29, 0.717) is 13.0 Å². The van der Waals surface area contributed by atoms with E-state index < -0.39 is 22.7 Å². The lowest BCUT2D eigenvalue weighted by Crippen LogP contribution is -2.36. The molecular formula is C11H20ClF3N2O2S. The van der Waals surface area contributed by atoms with Crippen molar-refractivity contribution < 1.29 is 21.6 Å². The van der Waals surface area contributed by atoms with Gasteiger partial charge in [-0.25, -0.2) is 13.1 Å². The molecule has 1 N–H and O–H groups in total. The molecule has 0 bridgehead atoms. The van der Waals surface area contributed by atoms with Crippen LogP contribution in [0.3, 0.4) is 0 Å². The molecule has 1 saturated heterocycles. The zero-order valence-corrected chi connectivity index (χ0v) is 12.9. The highest BCUT2D eigenvalue weighted by atomic mass is 35.5. The van der Waals surface area contributed by atoms with Crippen molar-refractivity contribution in [2.24, 2.45) is 11.8 Å². The van der Waals surface area contributed by atoms with Crippen LogP contribution in [0.15, 0.2) is 0 Å². The highest BCUT2D eigenvalue weighted by Gasteiger charge is 2.34. The van der Waals surface area contributed by atoms with Crippen LogP contribution in [0.4, 0.5) is 13.2 Å². The summed E-state index contributed by atoms with van der Waals surface area (Å²) in [6.07, 6.45) is -3.63. The van der Waals surface area contributed by atoms with E-state index in [0.717, 1.165) is 0 Å². The topological polar surface area (TPSA) is 49.4 Å². The van der Waals surface area contributed by atoms with Crippen molar-refractivity contribution in [2.45, 2.75) is 19.5 Å². The zero-order valence-electron chi connectivity index (χ0n) is 11.3. The summed E-state index contributed by atoms with van der Waals surface area (Å²) >= 11 is 5.56. The van der Waals surface area contributed by atoms with Gasteiger partial charge in [0, 0.05) is 19.0 Å². The first kappa shape index (κ1) is 18.0. The van der Waals surface area contributed by atoms with Crippen LogP contribution in [-0.2, 0) is 10.0 Å². The van der Waals surface area contributed by atoms with Gasteiger partial charge in [-0.3, -0.25) is 4.90 Å². The molecule has 0 aromatic rings. The number of halogens is 4. The van der Waals surface area contributed by atoms with E-state index >= 15 is 0 Å². The summed E-state index contributed by atoms with van der Waals surface area (Å²) in [5.74, 6) is -0.0305. The number of likely N-dealkylation sites (tertiary alicyclic amines) is 1. The van der Waals surface area contributed by atoms with Gasteiger partial charge in [0.15, 0.2) is 0 Å². The average molecular weight is 337 g/mol.